The van der Waals surface area contributed by atoms with Gasteiger partial charge in [-0.25, -0.2) is 9.97 Å². The maximum atomic E-state index is 12.3. The molecule has 1 amide bonds. The zero-order chi connectivity index (χ0) is 24.8. The quantitative estimate of drug-likeness (QED) is 0.339. The molecule has 0 aliphatic carbocycles. The topological polar surface area (TPSA) is 132 Å². The Kier molecular flexibility index (Phi) is 8.00. The van der Waals surface area contributed by atoms with E-state index in [1.54, 1.807) is 6.08 Å². The third kappa shape index (κ3) is 6.38. The van der Waals surface area contributed by atoms with Crippen LogP contribution in [0, 0.1) is 0 Å². The minimum Gasteiger partial charge on any atom is -0.480 e. The van der Waals surface area contributed by atoms with Crippen LogP contribution in [0.15, 0.2) is 39.7 Å². The van der Waals surface area contributed by atoms with E-state index in [2.05, 4.69) is 42.1 Å². The lowest BCUT2D eigenvalue weighted by Gasteiger charge is -2.32. The van der Waals surface area contributed by atoms with Gasteiger partial charge in [-0.1, -0.05) is 6.07 Å². The highest BCUT2D eigenvalue weighted by atomic mass is 32.2. The first-order chi connectivity index (χ1) is 16.9. The minimum absolute atomic E-state index is 0.202. The number of piperazine rings is 1. The van der Waals surface area contributed by atoms with Crippen molar-refractivity contribution in [1.29, 1.82) is 0 Å². The highest BCUT2D eigenvalue weighted by molar-refractivity contribution is 7.99. The molecule has 1 fully saturated rings. The average molecular weight is 515 g/mol. The van der Waals surface area contributed by atoms with Crippen LogP contribution in [0.25, 0.3) is 6.08 Å². The van der Waals surface area contributed by atoms with Gasteiger partial charge in [-0.15, -0.1) is 11.3 Å². The second-order valence-corrected chi connectivity index (χ2v) is 9.52. The molecule has 3 aromatic rings. The summed E-state index contributed by atoms with van der Waals surface area (Å²) in [6.07, 6.45) is 3.17. The molecule has 4 heterocycles. The summed E-state index contributed by atoms with van der Waals surface area (Å²) in [6, 6.07) is 5.33. The first-order valence-corrected chi connectivity index (χ1v) is 12.4. The van der Waals surface area contributed by atoms with Crippen LogP contribution in [0.3, 0.4) is 0 Å². The lowest BCUT2D eigenvalue weighted by molar-refractivity contribution is -0.111. The number of amides is 1. The van der Waals surface area contributed by atoms with Crippen LogP contribution in [-0.2, 0) is 4.79 Å². The fourth-order valence-corrected chi connectivity index (χ4v) is 4.80. The van der Waals surface area contributed by atoms with E-state index < -0.39 is 0 Å². The molecule has 3 aromatic heterocycles. The summed E-state index contributed by atoms with van der Waals surface area (Å²) in [6.45, 7) is 3.44. The molecule has 0 radical (unpaired) electrons. The van der Waals surface area contributed by atoms with Gasteiger partial charge in [0, 0.05) is 43.2 Å². The predicted octanol–water partition coefficient (Wildman–Crippen LogP) is 2.48. The number of aromatic nitrogens is 4. The fourth-order valence-electron chi connectivity index (χ4n) is 3.27. The third-order valence-corrected chi connectivity index (χ3v) is 6.83. The summed E-state index contributed by atoms with van der Waals surface area (Å²) in [7, 11) is 5.15. The monoisotopic (exact) mass is 514 g/mol. The van der Waals surface area contributed by atoms with Crippen molar-refractivity contribution in [2.75, 3.05) is 63.4 Å². The van der Waals surface area contributed by atoms with Crippen molar-refractivity contribution in [3.63, 3.8) is 0 Å². The van der Waals surface area contributed by atoms with E-state index in [0.717, 1.165) is 42.8 Å². The molecule has 0 atom stereocenters. The summed E-state index contributed by atoms with van der Waals surface area (Å²) < 4.78 is 11.1. The summed E-state index contributed by atoms with van der Waals surface area (Å²) in [5.74, 6) is 1.36. The Balaban J connectivity index is 1.55. The van der Waals surface area contributed by atoms with Crippen molar-refractivity contribution in [3.8, 4) is 11.8 Å². The molecule has 3 N–H and O–H groups in total. The van der Waals surface area contributed by atoms with Crippen molar-refractivity contribution >= 4 is 52.7 Å². The molecule has 4 rings (SSSR count). The van der Waals surface area contributed by atoms with E-state index in [4.69, 9.17) is 15.2 Å². The van der Waals surface area contributed by atoms with E-state index in [9.17, 15) is 4.79 Å². The molecule has 35 heavy (non-hydrogen) atoms. The first kappa shape index (κ1) is 24.7. The van der Waals surface area contributed by atoms with Crippen molar-refractivity contribution in [3.05, 3.63) is 34.5 Å². The van der Waals surface area contributed by atoms with E-state index in [0.29, 0.717) is 22.6 Å². The Morgan fingerprint density at radius 1 is 1.14 bits per heavy atom. The summed E-state index contributed by atoms with van der Waals surface area (Å²) in [4.78, 5) is 36.0. The number of likely N-dealkylation sites (N-methyl/N-ethyl adjacent to an activating group) is 1. The van der Waals surface area contributed by atoms with Gasteiger partial charge in [0.25, 0.3) is 0 Å². The molecule has 0 unspecified atom stereocenters. The summed E-state index contributed by atoms with van der Waals surface area (Å²) >= 11 is 2.68. The van der Waals surface area contributed by atoms with Crippen LogP contribution in [0.5, 0.6) is 11.8 Å². The maximum absolute atomic E-state index is 12.3. The molecule has 0 bridgehead atoms. The van der Waals surface area contributed by atoms with Crippen LogP contribution >= 0.6 is 23.1 Å². The third-order valence-electron chi connectivity index (χ3n) is 5.08. The Hall–Kier alpha value is -3.42. The molecule has 0 spiro atoms. The van der Waals surface area contributed by atoms with Gasteiger partial charge >= 0.3 is 0 Å². The number of thiophene rings is 1. The van der Waals surface area contributed by atoms with Crippen molar-refractivity contribution in [1.82, 2.24) is 24.8 Å². The highest BCUT2D eigenvalue weighted by Crippen LogP contribution is 2.40. The van der Waals surface area contributed by atoms with Crippen LogP contribution in [0.4, 0.5) is 17.6 Å². The summed E-state index contributed by atoms with van der Waals surface area (Å²) in [5, 5.41) is 4.94. The smallest absolute Gasteiger partial charge is 0.249 e. The van der Waals surface area contributed by atoms with E-state index in [1.807, 2.05) is 17.5 Å². The van der Waals surface area contributed by atoms with Gasteiger partial charge in [0.2, 0.25) is 23.6 Å². The number of nitrogen functional groups attached to an aromatic ring is 1. The van der Waals surface area contributed by atoms with E-state index >= 15 is 0 Å². The van der Waals surface area contributed by atoms with Crippen molar-refractivity contribution in [2.45, 2.75) is 10.1 Å². The molecule has 1 saturated heterocycles. The Bertz CT molecular complexity index is 1170. The SMILES string of the molecule is COc1nc(N2CCN(C)CC2)nc(OC)c1Sc1nc(N)cc(NC(=O)C=Cc2cccs2)n1. The number of rotatable bonds is 8. The summed E-state index contributed by atoms with van der Waals surface area (Å²) in [5.41, 5.74) is 5.98. The predicted molar refractivity (Wildman–Crippen MR) is 137 cm³/mol. The zero-order valence-electron chi connectivity index (χ0n) is 19.6. The molecule has 0 aromatic carbocycles. The van der Waals surface area contributed by atoms with Gasteiger partial charge in [-0.2, -0.15) is 9.97 Å². The maximum Gasteiger partial charge on any atom is 0.249 e. The molecule has 184 valence electrons. The average Bonchev–Trinajstić information content (AvgIpc) is 3.37. The van der Waals surface area contributed by atoms with E-state index in [-0.39, 0.29) is 22.7 Å². The van der Waals surface area contributed by atoms with Crippen molar-refractivity contribution in [2.24, 2.45) is 0 Å². The second-order valence-electron chi connectivity index (χ2n) is 7.56. The van der Waals surface area contributed by atoms with Crippen LogP contribution in [0.2, 0.25) is 0 Å². The molecule has 13 heteroatoms. The standard InChI is InChI=1S/C22H26N8O3S2/c1-29-8-10-30(11-9-29)21-27-19(32-2)18(20(28-21)33-3)35-22-24-15(23)13-16(26-22)25-17(31)7-6-14-5-4-12-34-14/h4-7,12-13H,8-11H2,1-3H3,(H3,23,24,25,26,31). The number of hydrogen-bond donors (Lipinski definition) is 2. The number of ether oxygens (including phenoxy) is 2. The molecular weight excluding hydrogens is 488 g/mol. The lowest BCUT2D eigenvalue weighted by Crippen LogP contribution is -2.45. The first-order valence-electron chi connectivity index (χ1n) is 10.7. The largest absolute Gasteiger partial charge is 0.480 e. The lowest BCUT2D eigenvalue weighted by atomic mass is 10.3. The van der Waals surface area contributed by atoms with Crippen LogP contribution < -0.4 is 25.4 Å². The number of nitrogens with two attached hydrogens (primary N) is 1. The molecule has 0 saturated carbocycles. The zero-order valence-corrected chi connectivity index (χ0v) is 21.2. The fraction of sp³-hybridized carbons (Fsp3) is 0.318. The number of carbonyl (C=O) groups excluding carboxylic acids is 1. The molecule has 11 nitrogen and oxygen atoms in total. The number of anilines is 3. The Morgan fingerprint density at radius 3 is 2.49 bits per heavy atom. The van der Waals surface area contributed by atoms with E-state index in [1.165, 1.54) is 37.7 Å². The van der Waals surface area contributed by atoms with Gasteiger partial charge in [-0.05, 0) is 36.3 Å². The Morgan fingerprint density at radius 2 is 1.86 bits per heavy atom. The number of carbonyl (C=O) groups is 1. The van der Waals surface area contributed by atoms with Crippen LogP contribution in [-0.4, -0.2) is 78.2 Å². The molecular formula is C22H26N8O3S2. The molecule has 1 aliphatic rings. The highest BCUT2D eigenvalue weighted by Gasteiger charge is 2.24. The number of hydrogen-bond acceptors (Lipinski definition) is 12. The minimum atomic E-state index is -0.331. The van der Waals surface area contributed by atoms with Gasteiger partial charge in [0.15, 0.2) is 5.16 Å². The van der Waals surface area contributed by atoms with Crippen LogP contribution in [0.1, 0.15) is 4.88 Å². The van der Waals surface area contributed by atoms with Gasteiger partial charge in [-0.3, -0.25) is 4.79 Å². The Labute approximate surface area is 211 Å². The van der Waals surface area contributed by atoms with Gasteiger partial charge < -0.3 is 30.3 Å². The number of methoxy groups -OCH3 is 2. The van der Waals surface area contributed by atoms with Crippen molar-refractivity contribution < 1.29 is 14.3 Å². The normalized spacial score (nSPS) is 14.3. The molecule has 1 aliphatic heterocycles. The number of nitrogens with zero attached hydrogens (tertiary/aromatic N) is 6. The van der Waals surface area contributed by atoms with Gasteiger partial charge in [0.1, 0.15) is 16.5 Å². The van der Waals surface area contributed by atoms with Gasteiger partial charge in [0.05, 0.1) is 14.2 Å². The second kappa shape index (κ2) is 11.3. The number of nitrogens with one attached hydrogen (secondary N) is 1.